The Bertz CT molecular complexity index is 361. The first-order valence-corrected chi connectivity index (χ1v) is 5.21. The third-order valence-corrected chi connectivity index (χ3v) is 2.17. The second-order valence-electron chi connectivity index (χ2n) is 3.47. The van der Waals surface area contributed by atoms with Crippen molar-refractivity contribution in [3.63, 3.8) is 0 Å². The van der Waals surface area contributed by atoms with Crippen LogP contribution >= 0.6 is 0 Å². The molecule has 0 aromatic carbocycles. The molecule has 86 valence electrons. The fourth-order valence-corrected chi connectivity index (χ4v) is 1.18. The molecule has 0 unspecified atom stereocenters. The molecule has 1 aromatic heterocycles. The summed E-state index contributed by atoms with van der Waals surface area (Å²) in [7, 11) is 0. The summed E-state index contributed by atoms with van der Waals surface area (Å²) in [6, 6.07) is 5.81. The molecule has 1 aromatic rings. The Morgan fingerprint density at radius 1 is 1.56 bits per heavy atom. The molecule has 0 spiro atoms. The third kappa shape index (κ3) is 4.70. The van der Waals surface area contributed by atoms with E-state index < -0.39 is 5.97 Å². The average molecular weight is 220 g/mol. The van der Waals surface area contributed by atoms with Gasteiger partial charge in [-0.15, -0.1) is 0 Å². The minimum Gasteiger partial charge on any atom is -0.478 e. The molecule has 0 aliphatic carbocycles. The lowest BCUT2D eigenvalue weighted by Crippen LogP contribution is -2.18. The molecule has 4 nitrogen and oxygen atoms in total. The number of aromatic nitrogens is 1. The first-order chi connectivity index (χ1) is 7.70. The Balaban J connectivity index is 2.18. The summed E-state index contributed by atoms with van der Waals surface area (Å²) in [4.78, 5) is 14.7. The number of aliphatic carboxylic acids is 1. The standard InChI is InChI=1S/C12H16N2O2/c1-10(12(15)16)5-8-13-9-6-11-4-2-3-7-14-11/h2-5,7,13H,6,8-9H2,1H3,(H,15,16)/b10-5-. The van der Waals surface area contributed by atoms with Crippen molar-refractivity contribution in [2.45, 2.75) is 13.3 Å². The zero-order valence-electron chi connectivity index (χ0n) is 9.31. The predicted molar refractivity (Wildman–Crippen MR) is 62.2 cm³/mol. The second-order valence-corrected chi connectivity index (χ2v) is 3.47. The highest BCUT2D eigenvalue weighted by atomic mass is 16.4. The number of hydrogen-bond donors (Lipinski definition) is 2. The molecule has 2 N–H and O–H groups in total. The monoisotopic (exact) mass is 220 g/mol. The summed E-state index contributed by atoms with van der Waals surface area (Å²) >= 11 is 0. The van der Waals surface area contributed by atoms with Crippen LogP contribution in [0.2, 0.25) is 0 Å². The number of pyridine rings is 1. The van der Waals surface area contributed by atoms with E-state index in [0.717, 1.165) is 18.7 Å². The van der Waals surface area contributed by atoms with Gasteiger partial charge >= 0.3 is 5.97 Å². The van der Waals surface area contributed by atoms with Crippen LogP contribution in [0.5, 0.6) is 0 Å². The molecule has 1 heterocycles. The molecular weight excluding hydrogens is 204 g/mol. The molecule has 0 amide bonds. The second kappa shape index (κ2) is 6.74. The van der Waals surface area contributed by atoms with Gasteiger partial charge in [0.25, 0.3) is 0 Å². The van der Waals surface area contributed by atoms with E-state index in [9.17, 15) is 4.79 Å². The van der Waals surface area contributed by atoms with Crippen LogP contribution in [0.15, 0.2) is 36.0 Å². The largest absolute Gasteiger partial charge is 0.478 e. The molecule has 0 fully saturated rings. The van der Waals surface area contributed by atoms with Crippen LogP contribution in [0.25, 0.3) is 0 Å². The van der Waals surface area contributed by atoms with Crippen molar-refractivity contribution < 1.29 is 9.90 Å². The van der Waals surface area contributed by atoms with Crippen LogP contribution in [0.4, 0.5) is 0 Å². The van der Waals surface area contributed by atoms with Gasteiger partial charge in [-0.2, -0.15) is 0 Å². The van der Waals surface area contributed by atoms with Gasteiger partial charge in [-0.25, -0.2) is 4.79 Å². The highest BCUT2D eigenvalue weighted by Gasteiger charge is 1.97. The molecule has 0 saturated carbocycles. The van der Waals surface area contributed by atoms with E-state index in [4.69, 9.17) is 5.11 Å². The predicted octanol–water partition coefficient (Wildman–Crippen LogP) is 1.24. The number of carbonyl (C=O) groups is 1. The van der Waals surface area contributed by atoms with Crippen LogP contribution in [-0.2, 0) is 11.2 Å². The Labute approximate surface area is 95.0 Å². The average Bonchev–Trinajstić information content (AvgIpc) is 2.29. The lowest BCUT2D eigenvalue weighted by molar-refractivity contribution is -0.132. The molecular formula is C12H16N2O2. The maximum atomic E-state index is 10.5. The minimum absolute atomic E-state index is 0.366. The normalized spacial score (nSPS) is 11.4. The molecule has 0 aliphatic heterocycles. The van der Waals surface area contributed by atoms with Gasteiger partial charge in [0, 0.05) is 37.0 Å². The fraction of sp³-hybridized carbons (Fsp3) is 0.333. The van der Waals surface area contributed by atoms with Gasteiger partial charge in [0.15, 0.2) is 0 Å². The van der Waals surface area contributed by atoms with Gasteiger partial charge in [-0.3, -0.25) is 4.98 Å². The number of carboxylic acids is 1. The highest BCUT2D eigenvalue weighted by Crippen LogP contribution is 1.93. The first kappa shape index (κ1) is 12.4. The maximum Gasteiger partial charge on any atom is 0.330 e. The van der Waals surface area contributed by atoms with Crippen LogP contribution in [-0.4, -0.2) is 29.1 Å². The smallest absolute Gasteiger partial charge is 0.330 e. The van der Waals surface area contributed by atoms with E-state index in [1.165, 1.54) is 0 Å². The molecule has 1 rings (SSSR count). The summed E-state index contributed by atoms with van der Waals surface area (Å²) in [5.41, 5.74) is 1.40. The van der Waals surface area contributed by atoms with Gasteiger partial charge < -0.3 is 10.4 Å². The van der Waals surface area contributed by atoms with Crippen LogP contribution in [0.3, 0.4) is 0 Å². The van der Waals surface area contributed by atoms with Crippen molar-refractivity contribution in [2.24, 2.45) is 0 Å². The number of nitrogens with zero attached hydrogens (tertiary/aromatic N) is 1. The zero-order valence-corrected chi connectivity index (χ0v) is 9.31. The van der Waals surface area contributed by atoms with E-state index >= 15 is 0 Å². The molecule has 16 heavy (non-hydrogen) atoms. The molecule has 0 radical (unpaired) electrons. The summed E-state index contributed by atoms with van der Waals surface area (Å²) in [6.07, 6.45) is 4.28. The number of rotatable bonds is 6. The third-order valence-electron chi connectivity index (χ3n) is 2.17. The Hall–Kier alpha value is -1.68. The number of carboxylic acid groups (broad SMARTS) is 1. The summed E-state index contributed by atoms with van der Waals surface area (Å²) in [5, 5.41) is 11.8. The maximum absolute atomic E-state index is 10.5. The molecule has 4 heteroatoms. The lowest BCUT2D eigenvalue weighted by atomic mass is 10.2. The van der Waals surface area contributed by atoms with E-state index in [1.807, 2.05) is 18.2 Å². The minimum atomic E-state index is -0.869. The molecule has 0 atom stereocenters. The number of nitrogens with one attached hydrogen (secondary N) is 1. The lowest BCUT2D eigenvalue weighted by Gasteiger charge is -2.01. The summed E-state index contributed by atoms with van der Waals surface area (Å²) in [5.74, 6) is -0.869. The Morgan fingerprint density at radius 3 is 3.00 bits per heavy atom. The van der Waals surface area contributed by atoms with Gasteiger partial charge in [-0.05, 0) is 19.1 Å². The molecule has 0 aliphatic rings. The number of hydrogen-bond acceptors (Lipinski definition) is 3. The van der Waals surface area contributed by atoms with E-state index in [0.29, 0.717) is 12.1 Å². The molecule has 0 saturated heterocycles. The highest BCUT2D eigenvalue weighted by molar-refractivity contribution is 5.85. The SMILES string of the molecule is C/C(=C/CNCCc1ccccn1)C(=O)O. The van der Waals surface area contributed by atoms with Gasteiger partial charge in [0.1, 0.15) is 0 Å². The van der Waals surface area contributed by atoms with Crippen LogP contribution in [0.1, 0.15) is 12.6 Å². The quantitative estimate of drug-likeness (QED) is 0.559. The van der Waals surface area contributed by atoms with E-state index in [1.54, 1.807) is 19.2 Å². The van der Waals surface area contributed by atoms with Crippen LogP contribution < -0.4 is 5.32 Å². The van der Waals surface area contributed by atoms with Gasteiger partial charge in [-0.1, -0.05) is 12.1 Å². The van der Waals surface area contributed by atoms with Crippen LogP contribution in [0, 0.1) is 0 Å². The van der Waals surface area contributed by atoms with Gasteiger partial charge in [0.2, 0.25) is 0 Å². The first-order valence-electron chi connectivity index (χ1n) is 5.21. The van der Waals surface area contributed by atoms with Crippen molar-refractivity contribution in [1.82, 2.24) is 10.3 Å². The summed E-state index contributed by atoms with van der Waals surface area (Å²) in [6.45, 7) is 2.95. The fourth-order valence-electron chi connectivity index (χ4n) is 1.18. The van der Waals surface area contributed by atoms with Crippen molar-refractivity contribution in [3.8, 4) is 0 Å². The van der Waals surface area contributed by atoms with Crippen molar-refractivity contribution in [3.05, 3.63) is 41.7 Å². The summed E-state index contributed by atoms with van der Waals surface area (Å²) < 4.78 is 0. The Kier molecular flexibility index (Phi) is 5.22. The van der Waals surface area contributed by atoms with E-state index in [-0.39, 0.29) is 0 Å². The van der Waals surface area contributed by atoms with Gasteiger partial charge in [0.05, 0.1) is 0 Å². The van der Waals surface area contributed by atoms with E-state index in [2.05, 4.69) is 10.3 Å². The van der Waals surface area contributed by atoms with Crippen molar-refractivity contribution >= 4 is 5.97 Å². The zero-order chi connectivity index (χ0) is 11.8. The topological polar surface area (TPSA) is 62.2 Å². The molecule has 0 bridgehead atoms. The Morgan fingerprint density at radius 2 is 2.38 bits per heavy atom. The van der Waals surface area contributed by atoms with Crippen molar-refractivity contribution in [2.75, 3.05) is 13.1 Å². The van der Waals surface area contributed by atoms with Crippen molar-refractivity contribution in [1.29, 1.82) is 0 Å².